The number of rotatable bonds is 6. The fraction of sp³-hybridized carbons (Fsp3) is 0.667. The molecule has 1 fully saturated rings. The lowest BCUT2D eigenvalue weighted by Crippen LogP contribution is -2.44. The van der Waals surface area contributed by atoms with Crippen LogP contribution in [0, 0.1) is 5.92 Å². The topological polar surface area (TPSA) is 41.5 Å². The van der Waals surface area contributed by atoms with Gasteiger partial charge < -0.3 is 15.2 Å². The number of methoxy groups -OCH3 is 1. The van der Waals surface area contributed by atoms with Gasteiger partial charge in [0.2, 0.25) is 0 Å². The lowest BCUT2D eigenvalue weighted by atomic mass is 9.79. The van der Waals surface area contributed by atoms with E-state index in [1.165, 1.54) is 5.56 Å². The Morgan fingerprint density at radius 2 is 1.90 bits per heavy atom. The van der Waals surface area contributed by atoms with E-state index < -0.39 is 5.60 Å². The molecule has 21 heavy (non-hydrogen) atoms. The molecule has 1 saturated carbocycles. The van der Waals surface area contributed by atoms with Crippen LogP contribution in [0.2, 0.25) is 0 Å². The Morgan fingerprint density at radius 1 is 1.29 bits per heavy atom. The number of ether oxygens (including phenoxy) is 1. The van der Waals surface area contributed by atoms with E-state index in [9.17, 15) is 5.11 Å². The van der Waals surface area contributed by atoms with Crippen molar-refractivity contribution in [1.82, 2.24) is 5.32 Å². The van der Waals surface area contributed by atoms with E-state index in [0.29, 0.717) is 12.6 Å². The molecule has 2 N–H and O–H groups in total. The maximum atomic E-state index is 10.7. The smallest absolute Gasteiger partial charge is 0.118 e. The summed E-state index contributed by atoms with van der Waals surface area (Å²) < 4.78 is 5.20. The minimum atomic E-state index is -0.521. The van der Waals surface area contributed by atoms with Gasteiger partial charge in [0.25, 0.3) is 0 Å². The van der Waals surface area contributed by atoms with Crippen LogP contribution >= 0.6 is 0 Å². The molecule has 1 unspecified atom stereocenters. The predicted molar refractivity (Wildman–Crippen MR) is 86.6 cm³/mol. The monoisotopic (exact) mass is 291 g/mol. The van der Waals surface area contributed by atoms with Crippen LogP contribution in [0.15, 0.2) is 24.3 Å². The molecule has 1 aliphatic carbocycles. The molecule has 0 bridgehead atoms. The van der Waals surface area contributed by atoms with E-state index in [4.69, 9.17) is 4.74 Å². The second kappa shape index (κ2) is 7.28. The summed E-state index contributed by atoms with van der Waals surface area (Å²) in [6.07, 6.45) is 5.12. The molecule has 1 aromatic rings. The molecule has 3 nitrogen and oxygen atoms in total. The van der Waals surface area contributed by atoms with E-state index in [0.717, 1.165) is 43.8 Å². The molecule has 1 atom stereocenters. The van der Waals surface area contributed by atoms with Crippen molar-refractivity contribution in [3.05, 3.63) is 29.8 Å². The summed E-state index contributed by atoms with van der Waals surface area (Å²) in [5, 5.41) is 14.2. The number of hydrogen-bond acceptors (Lipinski definition) is 3. The fourth-order valence-corrected chi connectivity index (χ4v) is 3.12. The first-order valence-electron chi connectivity index (χ1n) is 8.16. The molecule has 2 rings (SSSR count). The van der Waals surface area contributed by atoms with Gasteiger partial charge in [-0.2, -0.15) is 0 Å². The Morgan fingerprint density at radius 3 is 2.43 bits per heavy atom. The van der Waals surface area contributed by atoms with Gasteiger partial charge in [0.15, 0.2) is 0 Å². The van der Waals surface area contributed by atoms with Crippen molar-refractivity contribution in [3.63, 3.8) is 0 Å². The molecule has 0 spiro atoms. The molecule has 0 aromatic heterocycles. The number of aliphatic hydroxyl groups is 1. The van der Waals surface area contributed by atoms with Crippen LogP contribution in [0.1, 0.15) is 57.6 Å². The maximum Gasteiger partial charge on any atom is 0.118 e. The highest BCUT2D eigenvalue weighted by Crippen LogP contribution is 2.32. The second-order valence-electron chi connectivity index (χ2n) is 6.52. The van der Waals surface area contributed by atoms with Crippen LogP contribution in [0.25, 0.3) is 0 Å². The largest absolute Gasteiger partial charge is 0.497 e. The summed E-state index contributed by atoms with van der Waals surface area (Å²) in [5.74, 6) is 1.64. The van der Waals surface area contributed by atoms with E-state index in [1.807, 2.05) is 12.1 Å². The number of benzene rings is 1. The lowest BCUT2D eigenvalue weighted by molar-refractivity contribution is -0.00831. The molecule has 118 valence electrons. The van der Waals surface area contributed by atoms with E-state index in [2.05, 4.69) is 31.3 Å². The third-order valence-electron chi connectivity index (χ3n) is 4.81. The molecule has 0 heterocycles. The zero-order valence-electron chi connectivity index (χ0n) is 13.6. The van der Waals surface area contributed by atoms with Gasteiger partial charge in [-0.15, -0.1) is 0 Å². The molecular weight excluding hydrogens is 262 g/mol. The highest BCUT2D eigenvalue weighted by Gasteiger charge is 2.32. The van der Waals surface area contributed by atoms with Crippen LogP contribution in [0.4, 0.5) is 0 Å². The lowest BCUT2D eigenvalue weighted by Gasteiger charge is -2.36. The van der Waals surface area contributed by atoms with Gasteiger partial charge in [-0.05, 0) is 55.7 Å². The van der Waals surface area contributed by atoms with Crippen molar-refractivity contribution >= 4 is 0 Å². The maximum absolute atomic E-state index is 10.7. The van der Waals surface area contributed by atoms with Crippen LogP contribution in [0.5, 0.6) is 5.75 Å². The van der Waals surface area contributed by atoms with Crippen LogP contribution in [0.3, 0.4) is 0 Å². The average molecular weight is 291 g/mol. The van der Waals surface area contributed by atoms with Gasteiger partial charge in [-0.3, -0.25) is 0 Å². The Bertz CT molecular complexity index is 421. The average Bonchev–Trinajstić information content (AvgIpc) is 2.52. The van der Waals surface area contributed by atoms with Gasteiger partial charge in [0.05, 0.1) is 12.7 Å². The van der Waals surface area contributed by atoms with Crippen molar-refractivity contribution in [3.8, 4) is 5.75 Å². The third kappa shape index (κ3) is 4.45. The van der Waals surface area contributed by atoms with E-state index >= 15 is 0 Å². The Labute approximate surface area is 128 Å². The molecule has 0 amide bonds. The molecule has 0 radical (unpaired) electrons. The van der Waals surface area contributed by atoms with Crippen molar-refractivity contribution in [2.75, 3.05) is 13.7 Å². The van der Waals surface area contributed by atoms with Crippen molar-refractivity contribution in [2.45, 2.75) is 57.6 Å². The minimum absolute atomic E-state index is 0.291. The standard InChI is InChI=1S/C18H29NO2/c1-4-17(15-5-7-16(21-3)8-6-15)19-13-18(20)11-9-14(2)10-12-18/h5-8,14,17,19-20H,4,9-13H2,1-3H3. The van der Waals surface area contributed by atoms with Gasteiger partial charge >= 0.3 is 0 Å². The summed E-state index contributed by atoms with van der Waals surface area (Å²) in [6, 6.07) is 8.49. The van der Waals surface area contributed by atoms with Crippen molar-refractivity contribution < 1.29 is 9.84 Å². The van der Waals surface area contributed by atoms with E-state index in [-0.39, 0.29) is 0 Å². The Kier molecular flexibility index (Phi) is 5.65. The van der Waals surface area contributed by atoms with Crippen molar-refractivity contribution in [2.24, 2.45) is 5.92 Å². The zero-order chi connectivity index (χ0) is 15.3. The number of nitrogens with one attached hydrogen (secondary N) is 1. The molecule has 0 saturated heterocycles. The second-order valence-corrected chi connectivity index (χ2v) is 6.52. The highest BCUT2D eigenvalue weighted by molar-refractivity contribution is 5.29. The number of hydrogen-bond donors (Lipinski definition) is 2. The molecule has 3 heteroatoms. The Balaban J connectivity index is 1.92. The van der Waals surface area contributed by atoms with Gasteiger partial charge in [0.1, 0.15) is 5.75 Å². The molecule has 0 aliphatic heterocycles. The first kappa shape index (κ1) is 16.3. The first-order chi connectivity index (χ1) is 10.1. The van der Waals surface area contributed by atoms with Crippen LogP contribution < -0.4 is 10.1 Å². The zero-order valence-corrected chi connectivity index (χ0v) is 13.6. The minimum Gasteiger partial charge on any atom is -0.497 e. The summed E-state index contributed by atoms with van der Waals surface area (Å²) in [6.45, 7) is 5.14. The van der Waals surface area contributed by atoms with Crippen LogP contribution in [-0.4, -0.2) is 24.4 Å². The third-order valence-corrected chi connectivity index (χ3v) is 4.81. The normalized spacial score (nSPS) is 27.3. The van der Waals surface area contributed by atoms with E-state index in [1.54, 1.807) is 7.11 Å². The van der Waals surface area contributed by atoms with Gasteiger partial charge in [0, 0.05) is 12.6 Å². The molecular formula is C18H29NO2. The quantitative estimate of drug-likeness (QED) is 0.840. The first-order valence-corrected chi connectivity index (χ1v) is 8.16. The van der Waals surface area contributed by atoms with Gasteiger partial charge in [-0.25, -0.2) is 0 Å². The highest BCUT2D eigenvalue weighted by atomic mass is 16.5. The predicted octanol–water partition coefficient (Wildman–Crippen LogP) is 3.68. The van der Waals surface area contributed by atoms with Crippen LogP contribution in [-0.2, 0) is 0 Å². The van der Waals surface area contributed by atoms with Gasteiger partial charge in [-0.1, -0.05) is 26.0 Å². The summed E-state index contributed by atoms with van der Waals surface area (Å²) in [5.41, 5.74) is 0.734. The SMILES string of the molecule is CCC(NCC1(O)CCC(C)CC1)c1ccc(OC)cc1. The summed E-state index contributed by atoms with van der Waals surface area (Å²) >= 11 is 0. The Hall–Kier alpha value is -1.06. The van der Waals surface area contributed by atoms with Crippen molar-refractivity contribution in [1.29, 1.82) is 0 Å². The molecule has 1 aliphatic rings. The summed E-state index contributed by atoms with van der Waals surface area (Å²) in [7, 11) is 1.68. The molecule has 1 aromatic carbocycles. The fourth-order valence-electron chi connectivity index (χ4n) is 3.12. The summed E-state index contributed by atoms with van der Waals surface area (Å²) in [4.78, 5) is 0.